The summed E-state index contributed by atoms with van der Waals surface area (Å²) in [6.45, 7) is 1.89. The van der Waals surface area contributed by atoms with E-state index in [1.165, 1.54) is 9.47 Å². The fourth-order valence-corrected chi connectivity index (χ4v) is 3.48. The van der Waals surface area contributed by atoms with Crippen molar-refractivity contribution in [2.24, 2.45) is 0 Å². The van der Waals surface area contributed by atoms with Crippen molar-refractivity contribution in [2.75, 3.05) is 6.61 Å². The number of hydrogen-bond acceptors (Lipinski definition) is 6. The monoisotopic (exact) mass is 406 g/mol. The summed E-state index contributed by atoms with van der Waals surface area (Å²) in [6, 6.07) is 1.84. The Balaban J connectivity index is 1.62. The molecule has 2 aromatic rings. The predicted octanol–water partition coefficient (Wildman–Crippen LogP) is 0.358. The van der Waals surface area contributed by atoms with E-state index in [9.17, 15) is 28.3 Å². The van der Waals surface area contributed by atoms with Crippen LogP contribution in [0.4, 0.5) is 8.78 Å². The molecule has 2 aliphatic heterocycles. The molecule has 2 aromatic heterocycles. The largest absolute Gasteiger partial charge is 0.503 e. The molecule has 0 unspecified atom stereocenters. The smallest absolute Gasteiger partial charge is 0.276 e. The molecule has 0 radical (unpaired) electrons. The minimum Gasteiger partial charge on any atom is -0.503 e. The standard InChI is InChI=1S/C18H16F2N4O5/c1-8-7-29-12-6-23-5-10(14(25)15(26)13(23)18(28)24(8)12)17(27)21-4-9-2-3-11(19)22-16(9)20/h2-3,5,8,12,26H,4,6-7H2,1H3,(H,21,27)/t8-,12+/m0/s1. The zero-order chi connectivity index (χ0) is 20.9. The van der Waals surface area contributed by atoms with Gasteiger partial charge in [0.1, 0.15) is 5.56 Å². The SMILES string of the molecule is C[C@H]1CO[C@@H]2Cn3cc(C(=O)NCc4ccc(F)nc4F)c(=O)c(O)c3C(=O)N12. The fraction of sp³-hybridized carbons (Fsp3) is 0.333. The maximum Gasteiger partial charge on any atom is 0.276 e. The van der Waals surface area contributed by atoms with Crippen molar-refractivity contribution in [2.45, 2.75) is 32.3 Å². The molecule has 1 fully saturated rings. The number of pyridine rings is 2. The van der Waals surface area contributed by atoms with Crippen LogP contribution in [0.2, 0.25) is 0 Å². The molecular weight excluding hydrogens is 390 g/mol. The Morgan fingerprint density at radius 2 is 2.14 bits per heavy atom. The van der Waals surface area contributed by atoms with Crippen LogP contribution in [0.1, 0.15) is 33.3 Å². The average molecular weight is 406 g/mol. The highest BCUT2D eigenvalue weighted by atomic mass is 19.1. The molecule has 4 rings (SSSR count). The molecule has 2 aliphatic rings. The van der Waals surface area contributed by atoms with E-state index in [-0.39, 0.29) is 30.4 Å². The van der Waals surface area contributed by atoms with Crippen LogP contribution in [-0.4, -0.2) is 50.2 Å². The Kier molecular flexibility index (Phi) is 4.53. The number of amides is 2. The minimum atomic E-state index is -1.09. The summed E-state index contributed by atoms with van der Waals surface area (Å²) < 4.78 is 33.3. The molecule has 11 heteroatoms. The highest BCUT2D eigenvalue weighted by Crippen LogP contribution is 2.29. The highest BCUT2D eigenvalue weighted by Gasteiger charge is 2.42. The van der Waals surface area contributed by atoms with Crippen molar-refractivity contribution in [1.82, 2.24) is 19.8 Å². The first-order chi connectivity index (χ1) is 13.8. The van der Waals surface area contributed by atoms with Gasteiger partial charge in [0.2, 0.25) is 17.3 Å². The van der Waals surface area contributed by atoms with Crippen molar-refractivity contribution >= 4 is 11.8 Å². The third-order valence-corrected chi connectivity index (χ3v) is 4.94. The molecule has 2 amide bonds. The van der Waals surface area contributed by atoms with Crippen LogP contribution in [-0.2, 0) is 17.8 Å². The van der Waals surface area contributed by atoms with Crippen LogP contribution in [0.3, 0.4) is 0 Å². The van der Waals surface area contributed by atoms with E-state index in [0.29, 0.717) is 6.61 Å². The number of rotatable bonds is 3. The zero-order valence-corrected chi connectivity index (χ0v) is 15.2. The highest BCUT2D eigenvalue weighted by molar-refractivity contribution is 5.99. The summed E-state index contributed by atoms with van der Waals surface area (Å²) in [5, 5.41) is 12.6. The van der Waals surface area contributed by atoms with Gasteiger partial charge in [-0.05, 0) is 19.1 Å². The Morgan fingerprint density at radius 1 is 1.38 bits per heavy atom. The Morgan fingerprint density at radius 3 is 2.86 bits per heavy atom. The number of aromatic hydroxyl groups is 1. The third kappa shape index (κ3) is 3.12. The maximum absolute atomic E-state index is 13.6. The molecule has 2 atom stereocenters. The van der Waals surface area contributed by atoms with Crippen molar-refractivity contribution in [3.63, 3.8) is 0 Å². The van der Waals surface area contributed by atoms with Crippen LogP contribution >= 0.6 is 0 Å². The van der Waals surface area contributed by atoms with E-state index in [0.717, 1.165) is 18.3 Å². The van der Waals surface area contributed by atoms with E-state index in [1.54, 1.807) is 6.92 Å². The Hall–Kier alpha value is -3.34. The second-order valence-electron chi connectivity index (χ2n) is 6.84. The summed E-state index contributed by atoms with van der Waals surface area (Å²) >= 11 is 0. The lowest BCUT2D eigenvalue weighted by atomic mass is 10.1. The minimum absolute atomic E-state index is 0.0822. The van der Waals surface area contributed by atoms with Gasteiger partial charge < -0.3 is 24.6 Å². The molecule has 0 spiro atoms. The lowest BCUT2D eigenvalue weighted by molar-refractivity contribution is 0.00624. The van der Waals surface area contributed by atoms with Crippen LogP contribution in [0.5, 0.6) is 5.75 Å². The molecule has 0 bridgehead atoms. The molecule has 29 heavy (non-hydrogen) atoms. The van der Waals surface area contributed by atoms with Gasteiger partial charge >= 0.3 is 0 Å². The molecule has 4 heterocycles. The molecular formula is C18H16F2N4O5. The van der Waals surface area contributed by atoms with Crippen molar-refractivity contribution in [1.29, 1.82) is 0 Å². The fourth-order valence-electron chi connectivity index (χ4n) is 3.48. The van der Waals surface area contributed by atoms with E-state index < -0.39 is 46.7 Å². The first-order valence-electron chi connectivity index (χ1n) is 8.77. The van der Waals surface area contributed by atoms with Gasteiger partial charge in [-0.15, -0.1) is 0 Å². The molecule has 0 aliphatic carbocycles. The number of carbonyl (C=O) groups excluding carboxylic acids is 2. The average Bonchev–Trinajstić information content (AvgIpc) is 3.04. The topological polar surface area (TPSA) is 114 Å². The number of aromatic nitrogens is 2. The Bertz CT molecular complexity index is 1090. The van der Waals surface area contributed by atoms with E-state index >= 15 is 0 Å². The zero-order valence-electron chi connectivity index (χ0n) is 15.2. The van der Waals surface area contributed by atoms with Gasteiger partial charge in [0.05, 0.1) is 19.2 Å². The van der Waals surface area contributed by atoms with Crippen molar-refractivity contribution in [3.05, 3.63) is 57.3 Å². The van der Waals surface area contributed by atoms with Crippen LogP contribution < -0.4 is 10.7 Å². The summed E-state index contributed by atoms with van der Waals surface area (Å²) in [6.07, 6.45) is 0.593. The number of fused-ring (bicyclic) bond motifs is 2. The summed E-state index contributed by atoms with van der Waals surface area (Å²) in [4.78, 5) is 42.0. The van der Waals surface area contributed by atoms with Gasteiger partial charge in [-0.1, -0.05) is 0 Å². The first-order valence-corrected chi connectivity index (χ1v) is 8.77. The third-order valence-electron chi connectivity index (χ3n) is 4.94. The molecule has 2 N–H and O–H groups in total. The summed E-state index contributed by atoms with van der Waals surface area (Å²) in [5.41, 5.74) is -1.74. The molecule has 152 valence electrons. The predicted molar refractivity (Wildman–Crippen MR) is 93.1 cm³/mol. The number of ether oxygens (including phenoxy) is 1. The van der Waals surface area contributed by atoms with E-state index in [4.69, 9.17) is 4.74 Å². The van der Waals surface area contributed by atoms with Crippen LogP contribution in [0.15, 0.2) is 23.1 Å². The number of hydrogen-bond donors (Lipinski definition) is 2. The molecule has 9 nitrogen and oxygen atoms in total. The normalized spacial score (nSPS) is 20.4. The molecule has 0 saturated carbocycles. The second-order valence-corrected chi connectivity index (χ2v) is 6.84. The number of halogens is 2. The van der Waals surface area contributed by atoms with E-state index in [2.05, 4.69) is 10.3 Å². The van der Waals surface area contributed by atoms with Gasteiger partial charge in [0, 0.05) is 18.3 Å². The lowest BCUT2D eigenvalue weighted by Gasteiger charge is -2.33. The number of nitrogens with one attached hydrogen (secondary N) is 1. The van der Waals surface area contributed by atoms with E-state index in [1.807, 2.05) is 0 Å². The van der Waals surface area contributed by atoms with Crippen LogP contribution in [0.25, 0.3) is 0 Å². The number of carbonyl (C=O) groups is 2. The van der Waals surface area contributed by atoms with Gasteiger partial charge in [0.15, 0.2) is 17.7 Å². The van der Waals surface area contributed by atoms with Gasteiger partial charge in [-0.3, -0.25) is 14.4 Å². The summed E-state index contributed by atoms with van der Waals surface area (Å²) in [7, 11) is 0. The Labute approximate surface area is 162 Å². The maximum atomic E-state index is 13.6. The molecule has 1 saturated heterocycles. The lowest BCUT2D eigenvalue weighted by Crippen LogP contribution is -2.49. The number of nitrogens with zero attached hydrogens (tertiary/aromatic N) is 3. The molecule has 0 aromatic carbocycles. The quantitative estimate of drug-likeness (QED) is 0.712. The van der Waals surface area contributed by atoms with Crippen LogP contribution in [0, 0.1) is 11.9 Å². The summed E-state index contributed by atoms with van der Waals surface area (Å²) in [5.74, 6) is -4.38. The van der Waals surface area contributed by atoms with Gasteiger partial charge in [-0.25, -0.2) is 0 Å². The van der Waals surface area contributed by atoms with Gasteiger partial charge in [0.25, 0.3) is 11.8 Å². The first kappa shape index (κ1) is 19.0. The van der Waals surface area contributed by atoms with Gasteiger partial charge in [-0.2, -0.15) is 13.8 Å². The van der Waals surface area contributed by atoms with Crippen molar-refractivity contribution < 1.29 is 28.2 Å². The van der Waals surface area contributed by atoms with Crippen molar-refractivity contribution in [3.8, 4) is 5.75 Å². The second kappa shape index (κ2) is 6.92.